The van der Waals surface area contributed by atoms with E-state index >= 15 is 0 Å². The summed E-state index contributed by atoms with van der Waals surface area (Å²) in [6.07, 6.45) is 0. The maximum atomic E-state index is 11.5. The van der Waals surface area contributed by atoms with Gasteiger partial charge in [0.2, 0.25) is 0 Å². The maximum absolute atomic E-state index is 11.5. The number of carbonyl (C=O) groups is 1. The highest BCUT2D eigenvalue weighted by molar-refractivity contribution is 5.78. The number of nitrogens with two attached hydrogens (primary N) is 1. The van der Waals surface area contributed by atoms with Gasteiger partial charge in [-0.05, 0) is 19.1 Å². The molecule has 0 fully saturated rings. The van der Waals surface area contributed by atoms with Crippen LogP contribution in [0.2, 0.25) is 0 Å². The number of ether oxygens (including phenoxy) is 2. The van der Waals surface area contributed by atoms with E-state index in [1.165, 1.54) is 6.07 Å². The molecular weight excluding hydrogens is 236 g/mol. The van der Waals surface area contributed by atoms with E-state index in [-0.39, 0.29) is 35.7 Å². The molecule has 18 heavy (non-hydrogen) atoms. The highest BCUT2D eigenvalue weighted by atomic mass is 16.5. The van der Waals surface area contributed by atoms with E-state index in [4.69, 9.17) is 15.2 Å². The molecule has 1 atom stereocenters. The molecule has 6 heteroatoms. The van der Waals surface area contributed by atoms with E-state index in [9.17, 15) is 9.90 Å². The zero-order valence-electron chi connectivity index (χ0n) is 10.5. The number of nitrogens with one attached hydrogen (secondary N) is 1. The highest BCUT2D eigenvalue weighted by Gasteiger charge is 2.10. The van der Waals surface area contributed by atoms with Gasteiger partial charge in [-0.15, -0.1) is 0 Å². The van der Waals surface area contributed by atoms with Gasteiger partial charge < -0.3 is 25.6 Å². The molecular formula is C12H18N2O4. The van der Waals surface area contributed by atoms with E-state index in [1.54, 1.807) is 19.2 Å². The number of hydrogen-bond acceptors (Lipinski definition) is 5. The molecule has 0 saturated carbocycles. The van der Waals surface area contributed by atoms with Gasteiger partial charge in [0.1, 0.15) is 17.2 Å². The van der Waals surface area contributed by atoms with Crippen LogP contribution < -0.4 is 15.8 Å². The van der Waals surface area contributed by atoms with Gasteiger partial charge in [-0.1, -0.05) is 6.07 Å². The van der Waals surface area contributed by atoms with Gasteiger partial charge in [0, 0.05) is 13.2 Å². The average molecular weight is 254 g/mol. The lowest BCUT2D eigenvalue weighted by Gasteiger charge is -2.14. The molecule has 100 valence electrons. The van der Waals surface area contributed by atoms with Crippen LogP contribution in [0, 0.1) is 0 Å². The van der Waals surface area contributed by atoms with Gasteiger partial charge in [0.15, 0.2) is 6.61 Å². The van der Waals surface area contributed by atoms with Crippen molar-refractivity contribution in [1.29, 1.82) is 0 Å². The van der Waals surface area contributed by atoms with Gasteiger partial charge in [-0.2, -0.15) is 0 Å². The van der Waals surface area contributed by atoms with Gasteiger partial charge in [-0.3, -0.25) is 4.79 Å². The summed E-state index contributed by atoms with van der Waals surface area (Å²) in [5, 5.41) is 12.1. The minimum absolute atomic E-state index is 0.0688. The third-order valence-electron chi connectivity index (χ3n) is 2.23. The van der Waals surface area contributed by atoms with Crippen LogP contribution in [-0.4, -0.2) is 37.4 Å². The van der Waals surface area contributed by atoms with Crippen LogP contribution in [0.5, 0.6) is 11.5 Å². The number of carbonyl (C=O) groups excluding carboxylic acids is 1. The Morgan fingerprint density at radius 1 is 1.56 bits per heavy atom. The molecule has 0 aliphatic heterocycles. The second kappa shape index (κ2) is 6.70. The van der Waals surface area contributed by atoms with Crippen LogP contribution >= 0.6 is 0 Å². The summed E-state index contributed by atoms with van der Waals surface area (Å²) in [6.45, 7) is 2.09. The Labute approximate surface area is 106 Å². The predicted molar refractivity (Wildman–Crippen MR) is 67.5 cm³/mol. The fourth-order valence-corrected chi connectivity index (χ4v) is 1.41. The maximum Gasteiger partial charge on any atom is 0.258 e. The number of amides is 1. The number of methoxy groups -OCH3 is 1. The van der Waals surface area contributed by atoms with Crippen molar-refractivity contribution in [3.8, 4) is 11.5 Å². The molecule has 0 heterocycles. The molecule has 4 N–H and O–H groups in total. The van der Waals surface area contributed by atoms with Crippen molar-refractivity contribution in [3.63, 3.8) is 0 Å². The molecule has 6 nitrogen and oxygen atoms in total. The Morgan fingerprint density at radius 3 is 2.94 bits per heavy atom. The van der Waals surface area contributed by atoms with Crippen molar-refractivity contribution in [2.45, 2.75) is 13.0 Å². The normalized spacial score (nSPS) is 11.9. The molecule has 1 aromatic rings. The molecule has 0 aliphatic carbocycles. The van der Waals surface area contributed by atoms with Crippen molar-refractivity contribution < 1.29 is 19.4 Å². The summed E-state index contributed by atoms with van der Waals surface area (Å²) in [7, 11) is 1.56. The van der Waals surface area contributed by atoms with Crippen LogP contribution in [0.25, 0.3) is 0 Å². The first-order valence-corrected chi connectivity index (χ1v) is 5.53. The lowest BCUT2D eigenvalue weighted by Crippen LogP contribution is -2.38. The molecule has 1 unspecified atom stereocenters. The summed E-state index contributed by atoms with van der Waals surface area (Å²) in [4.78, 5) is 11.5. The summed E-state index contributed by atoms with van der Waals surface area (Å²) >= 11 is 0. The zero-order chi connectivity index (χ0) is 13.5. The Kier molecular flexibility index (Phi) is 5.26. The number of nitrogen functional groups attached to an aromatic ring is 1. The molecule has 0 radical (unpaired) electrons. The van der Waals surface area contributed by atoms with Gasteiger partial charge in [0.25, 0.3) is 5.91 Å². The number of phenolic OH excluding ortho intramolecular Hbond substituents is 1. The molecule has 0 spiro atoms. The third kappa shape index (κ3) is 4.14. The number of para-hydroxylation sites is 1. The number of rotatable bonds is 6. The Balaban J connectivity index is 2.45. The summed E-state index contributed by atoms with van der Waals surface area (Å²) < 4.78 is 10.1. The van der Waals surface area contributed by atoms with Gasteiger partial charge in [-0.25, -0.2) is 0 Å². The monoisotopic (exact) mass is 254 g/mol. The number of anilines is 1. The fraction of sp³-hybridized carbons (Fsp3) is 0.417. The Hall–Kier alpha value is -1.95. The molecule has 1 rings (SSSR count). The Morgan fingerprint density at radius 2 is 2.28 bits per heavy atom. The second-order valence-corrected chi connectivity index (χ2v) is 3.90. The first-order valence-electron chi connectivity index (χ1n) is 5.53. The molecule has 1 aromatic carbocycles. The minimum Gasteiger partial charge on any atom is -0.506 e. The second-order valence-electron chi connectivity index (χ2n) is 3.90. The van der Waals surface area contributed by atoms with Crippen LogP contribution in [-0.2, 0) is 9.53 Å². The third-order valence-corrected chi connectivity index (χ3v) is 2.23. The van der Waals surface area contributed by atoms with Crippen molar-refractivity contribution in [3.05, 3.63) is 18.2 Å². The summed E-state index contributed by atoms with van der Waals surface area (Å²) in [5.41, 5.74) is 5.71. The molecule has 0 aliphatic rings. The van der Waals surface area contributed by atoms with Crippen molar-refractivity contribution in [2.75, 3.05) is 26.1 Å². The fourth-order valence-electron chi connectivity index (χ4n) is 1.41. The van der Waals surface area contributed by atoms with Crippen LogP contribution in [0.3, 0.4) is 0 Å². The largest absolute Gasteiger partial charge is 0.506 e. The first-order chi connectivity index (χ1) is 8.54. The van der Waals surface area contributed by atoms with E-state index in [2.05, 4.69) is 5.32 Å². The van der Waals surface area contributed by atoms with Crippen LogP contribution in [0.15, 0.2) is 18.2 Å². The first kappa shape index (κ1) is 14.1. The lowest BCUT2D eigenvalue weighted by molar-refractivity contribution is -0.124. The average Bonchev–Trinajstić information content (AvgIpc) is 2.31. The SMILES string of the molecule is COCC(C)NC(=O)COc1cccc(O)c1N. The zero-order valence-corrected chi connectivity index (χ0v) is 10.5. The quantitative estimate of drug-likeness (QED) is 0.508. The van der Waals surface area contributed by atoms with E-state index in [1.807, 2.05) is 6.92 Å². The van der Waals surface area contributed by atoms with E-state index in [0.29, 0.717) is 6.61 Å². The topological polar surface area (TPSA) is 93.8 Å². The minimum atomic E-state index is -0.276. The van der Waals surface area contributed by atoms with Crippen LogP contribution in [0.4, 0.5) is 5.69 Å². The van der Waals surface area contributed by atoms with Gasteiger partial charge in [0.05, 0.1) is 6.61 Å². The molecule has 0 bridgehead atoms. The summed E-state index contributed by atoms with van der Waals surface area (Å²) in [5.74, 6) is -0.0625. The predicted octanol–water partition coefficient (Wildman–Crippen LogP) is 0.504. The highest BCUT2D eigenvalue weighted by Crippen LogP contribution is 2.29. The number of aromatic hydroxyl groups is 1. The van der Waals surface area contributed by atoms with E-state index < -0.39 is 0 Å². The van der Waals surface area contributed by atoms with Gasteiger partial charge >= 0.3 is 0 Å². The van der Waals surface area contributed by atoms with E-state index in [0.717, 1.165) is 0 Å². The standard InChI is InChI=1S/C12H18N2O4/c1-8(6-17-2)14-11(16)7-18-10-5-3-4-9(15)12(10)13/h3-5,8,15H,6-7,13H2,1-2H3,(H,14,16). The molecule has 0 aromatic heterocycles. The smallest absolute Gasteiger partial charge is 0.258 e. The van der Waals surface area contributed by atoms with Crippen LogP contribution in [0.1, 0.15) is 6.92 Å². The number of hydrogen-bond donors (Lipinski definition) is 3. The molecule has 0 saturated heterocycles. The summed E-state index contributed by atoms with van der Waals surface area (Å²) in [6, 6.07) is 4.53. The van der Waals surface area contributed by atoms with Crippen molar-refractivity contribution in [2.24, 2.45) is 0 Å². The van der Waals surface area contributed by atoms with Crippen molar-refractivity contribution in [1.82, 2.24) is 5.32 Å². The van der Waals surface area contributed by atoms with Crippen molar-refractivity contribution >= 4 is 11.6 Å². The number of phenols is 1. The lowest BCUT2D eigenvalue weighted by atomic mass is 10.3. The Bertz CT molecular complexity index is 409. The molecule has 1 amide bonds. The number of benzene rings is 1.